The van der Waals surface area contributed by atoms with Crippen LogP contribution in [-0.4, -0.2) is 25.2 Å². The molecule has 0 bridgehead atoms. The van der Waals surface area contributed by atoms with E-state index in [1.807, 2.05) is 0 Å². The van der Waals surface area contributed by atoms with Gasteiger partial charge >= 0.3 is 11.9 Å². The van der Waals surface area contributed by atoms with Gasteiger partial charge in [0.15, 0.2) is 0 Å². The fraction of sp³-hybridized carbons (Fsp3) is 0.556. The zero-order valence-corrected chi connectivity index (χ0v) is 8.12. The second-order valence-electron chi connectivity index (χ2n) is 2.41. The largest absolute Gasteiger partial charge is 0.463 e. The summed E-state index contributed by atoms with van der Waals surface area (Å²) in [5.41, 5.74) is 0.447. The van der Waals surface area contributed by atoms with Crippen molar-refractivity contribution in [1.29, 1.82) is 0 Å². The highest BCUT2D eigenvalue weighted by atomic mass is 16.5. The molecule has 0 amide bonds. The first-order valence-corrected chi connectivity index (χ1v) is 4.05. The predicted molar refractivity (Wildman–Crippen MR) is 47.0 cm³/mol. The average Bonchev–Trinajstić information content (AvgIpc) is 2.04. The third-order valence-corrected chi connectivity index (χ3v) is 1.27. The maximum atomic E-state index is 11.0. The van der Waals surface area contributed by atoms with E-state index in [1.54, 1.807) is 13.8 Å². The maximum Gasteiger partial charge on any atom is 0.333 e. The Bertz CT molecular complexity index is 218. The molecule has 0 aliphatic rings. The fourth-order valence-corrected chi connectivity index (χ4v) is 0.612. The molecule has 0 unspecified atom stereocenters. The van der Waals surface area contributed by atoms with Crippen LogP contribution in [0.3, 0.4) is 0 Å². The quantitative estimate of drug-likeness (QED) is 0.486. The van der Waals surface area contributed by atoms with E-state index in [0.29, 0.717) is 12.2 Å². The van der Waals surface area contributed by atoms with Crippen molar-refractivity contribution in [3.63, 3.8) is 0 Å². The molecular weight excluding hydrogens is 172 g/mol. The van der Waals surface area contributed by atoms with Crippen LogP contribution in [0.5, 0.6) is 0 Å². The molecule has 0 radical (unpaired) electrons. The van der Waals surface area contributed by atoms with E-state index in [-0.39, 0.29) is 18.5 Å². The van der Waals surface area contributed by atoms with Gasteiger partial charge in [-0.15, -0.1) is 0 Å². The summed E-state index contributed by atoms with van der Waals surface area (Å²) in [4.78, 5) is 21.3. The summed E-state index contributed by atoms with van der Waals surface area (Å²) in [6.07, 6.45) is 1.51. The van der Waals surface area contributed by atoms with Gasteiger partial charge in [-0.2, -0.15) is 0 Å². The molecule has 4 heteroatoms. The van der Waals surface area contributed by atoms with Crippen LogP contribution >= 0.6 is 0 Å². The van der Waals surface area contributed by atoms with E-state index in [1.165, 1.54) is 13.0 Å². The minimum Gasteiger partial charge on any atom is -0.463 e. The highest BCUT2D eigenvalue weighted by Crippen LogP contribution is 1.96. The van der Waals surface area contributed by atoms with E-state index in [9.17, 15) is 9.59 Å². The molecule has 0 spiro atoms. The first kappa shape index (κ1) is 11.7. The summed E-state index contributed by atoms with van der Waals surface area (Å²) in [5.74, 6) is -0.748. The highest BCUT2D eigenvalue weighted by molar-refractivity contribution is 5.87. The fourth-order valence-electron chi connectivity index (χ4n) is 0.612. The molecule has 0 atom stereocenters. The number of carbonyl (C=O) groups excluding carboxylic acids is 2. The van der Waals surface area contributed by atoms with Crippen LogP contribution in [0.4, 0.5) is 0 Å². The van der Waals surface area contributed by atoms with Crippen molar-refractivity contribution in [3.8, 4) is 0 Å². The van der Waals surface area contributed by atoms with Crippen molar-refractivity contribution in [3.05, 3.63) is 11.6 Å². The molecule has 74 valence electrons. The topological polar surface area (TPSA) is 52.6 Å². The molecule has 0 rings (SSSR count). The first-order chi connectivity index (χ1) is 6.07. The van der Waals surface area contributed by atoms with E-state index in [0.717, 1.165) is 0 Å². The molecule has 4 nitrogen and oxygen atoms in total. The van der Waals surface area contributed by atoms with Crippen LogP contribution in [0.2, 0.25) is 0 Å². The number of ether oxygens (including phenoxy) is 2. The minimum atomic E-state index is -0.380. The van der Waals surface area contributed by atoms with Gasteiger partial charge in [-0.05, 0) is 19.9 Å². The summed E-state index contributed by atoms with van der Waals surface area (Å²) >= 11 is 0. The average molecular weight is 186 g/mol. The lowest BCUT2D eigenvalue weighted by Crippen LogP contribution is -2.07. The number of rotatable bonds is 4. The first-order valence-electron chi connectivity index (χ1n) is 4.05. The van der Waals surface area contributed by atoms with Crippen LogP contribution in [0.1, 0.15) is 20.8 Å². The number of hydrogen-bond acceptors (Lipinski definition) is 4. The zero-order chi connectivity index (χ0) is 10.3. The van der Waals surface area contributed by atoms with Crippen molar-refractivity contribution in [2.45, 2.75) is 20.8 Å². The van der Waals surface area contributed by atoms with Crippen LogP contribution in [-0.2, 0) is 19.1 Å². The molecule has 0 N–H and O–H groups in total. The SMILES string of the molecule is CCOC(=O)C(C)=CCOC(C)=O. The lowest BCUT2D eigenvalue weighted by Gasteiger charge is -2.01. The van der Waals surface area contributed by atoms with Crippen molar-refractivity contribution in [1.82, 2.24) is 0 Å². The number of esters is 2. The molecule has 0 fully saturated rings. The van der Waals surface area contributed by atoms with Gasteiger partial charge in [0, 0.05) is 12.5 Å². The molecule has 0 aromatic rings. The summed E-state index contributed by atoms with van der Waals surface area (Å²) < 4.78 is 9.33. The molecule has 0 aliphatic heterocycles. The van der Waals surface area contributed by atoms with Gasteiger partial charge in [-0.25, -0.2) is 4.79 Å². The van der Waals surface area contributed by atoms with Gasteiger partial charge in [0.25, 0.3) is 0 Å². The Balaban J connectivity index is 3.87. The Labute approximate surface area is 77.5 Å². The molecule has 0 aliphatic carbocycles. The summed E-state index contributed by atoms with van der Waals surface area (Å²) in [6, 6.07) is 0. The molecule has 0 heterocycles. The predicted octanol–water partition coefficient (Wildman–Crippen LogP) is 1.06. The summed E-state index contributed by atoms with van der Waals surface area (Å²) in [5, 5.41) is 0. The van der Waals surface area contributed by atoms with E-state index >= 15 is 0 Å². The van der Waals surface area contributed by atoms with Gasteiger partial charge in [-0.3, -0.25) is 4.79 Å². The van der Waals surface area contributed by atoms with Crippen molar-refractivity contribution in [2.75, 3.05) is 13.2 Å². The van der Waals surface area contributed by atoms with E-state index < -0.39 is 0 Å². The zero-order valence-electron chi connectivity index (χ0n) is 8.12. The summed E-state index contributed by atoms with van der Waals surface area (Å²) in [6.45, 7) is 5.11. The molecule has 0 aromatic heterocycles. The van der Waals surface area contributed by atoms with Crippen LogP contribution in [0.15, 0.2) is 11.6 Å². The Morgan fingerprint density at radius 3 is 2.31 bits per heavy atom. The van der Waals surface area contributed by atoms with Gasteiger partial charge < -0.3 is 9.47 Å². The minimum absolute atomic E-state index is 0.111. The molecule has 0 saturated heterocycles. The lowest BCUT2D eigenvalue weighted by molar-refractivity contribution is -0.141. The summed E-state index contributed by atoms with van der Waals surface area (Å²) in [7, 11) is 0. The Morgan fingerprint density at radius 2 is 1.85 bits per heavy atom. The maximum absolute atomic E-state index is 11.0. The van der Waals surface area contributed by atoms with Gasteiger partial charge in [-0.1, -0.05) is 0 Å². The molecule has 0 saturated carbocycles. The normalized spacial score (nSPS) is 10.8. The van der Waals surface area contributed by atoms with Gasteiger partial charge in [0.1, 0.15) is 6.61 Å². The number of hydrogen-bond donors (Lipinski definition) is 0. The standard InChI is InChI=1S/C9H14O4/c1-4-12-9(11)7(2)5-6-13-8(3)10/h5H,4,6H2,1-3H3. The van der Waals surface area contributed by atoms with Gasteiger partial charge in [0.05, 0.1) is 6.61 Å². The van der Waals surface area contributed by atoms with Crippen LogP contribution in [0, 0.1) is 0 Å². The Kier molecular flexibility index (Phi) is 5.59. The van der Waals surface area contributed by atoms with Crippen molar-refractivity contribution in [2.24, 2.45) is 0 Å². The van der Waals surface area contributed by atoms with Crippen molar-refractivity contribution >= 4 is 11.9 Å². The third-order valence-electron chi connectivity index (χ3n) is 1.27. The molecule has 0 aromatic carbocycles. The van der Waals surface area contributed by atoms with Crippen LogP contribution in [0.25, 0.3) is 0 Å². The number of carbonyl (C=O) groups is 2. The highest BCUT2D eigenvalue weighted by Gasteiger charge is 2.03. The second kappa shape index (κ2) is 6.22. The Hall–Kier alpha value is -1.32. The smallest absolute Gasteiger partial charge is 0.333 e. The third kappa shape index (κ3) is 5.90. The van der Waals surface area contributed by atoms with Gasteiger partial charge in [0.2, 0.25) is 0 Å². The van der Waals surface area contributed by atoms with Crippen molar-refractivity contribution < 1.29 is 19.1 Å². The van der Waals surface area contributed by atoms with E-state index in [4.69, 9.17) is 4.74 Å². The van der Waals surface area contributed by atoms with Crippen LogP contribution < -0.4 is 0 Å². The molecule has 13 heavy (non-hydrogen) atoms. The lowest BCUT2D eigenvalue weighted by atomic mass is 10.3. The second-order valence-corrected chi connectivity index (χ2v) is 2.41. The Morgan fingerprint density at radius 1 is 1.23 bits per heavy atom. The van der Waals surface area contributed by atoms with E-state index in [2.05, 4.69) is 4.74 Å². The molecular formula is C9H14O4. The monoisotopic (exact) mass is 186 g/mol.